The highest BCUT2D eigenvalue weighted by molar-refractivity contribution is 5.69. The zero-order valence-corrected chi connectivity index (χ0v) is 8.95. The highest BCUT2D eigenvalue weighted by Gasteiger charge is 2.40. The number of fused-ring (bicyclic) bond motifs is 2. The molecular formula is C12H17NO2. The van der Waals surface area contributed by atoms with E-state index in [0.29, 0.717) is 25.1 Å². The van der Waals surface area contributed by atoms with Crippen LogP contribution in [0.2, 0.25) is 0 Å². The van der Waals surface area contributed by atoms with Crippen LogP contribution in [0, 0.1) is 12.3 Å². The average Bonchev–Trinajstić information content (AvgIpc) is 2.49. The fraction of sp³-hybridized carbons (Fsp3) is 0.750. The molecule has 0 aliphatic carbocycles. The minimum absolute atomic E-state index is 0.155. The number of carbonyl (C=O) groups is 1. The number of hydrogen-bond acceptors (Lipinski definition) is 2. The Bertz CT molecular complexity index is 266. The maximum Gasteiger partial charge on any atom is 0.410 e. The van der Waals surface area contributed by atoms with E-state index in [1.165, 1.54) is 6.42 Å². The molecule has 0 aromatic carbocycles. The van der Waals surface area contributed by atoms with Gasteiger partial charge in [-0.25, -0.2) is 4.79 Å². The van der Waals surface area contributed by atoms with Gasteiger partial charge in [0.15, 0.2) is 0 Å². The summed E-state index contributed by atoms with van der Waals surface area (Å²) >= 11 is 0. The van der Waals surface area contributed by atoms with Crippen molar-refractivity contribution in [3.8, 4) is 12.3 Å². The van der Waals surface area contributed by atoms with Crippen LogP contribution in [-0.4, -0.2) is 29.7 Å². The van der Waals surface area contributed by atoms with Crippen LogP contribution in [0.5, 0.6) is 0 Å². The van der Waals surface area contributed by atoms with Crippen molar-refractivity contribution in [2.45, 2.75) is 50.6 Å². The van der Waals surface area contributed by atoms with Gasteiger partial charge in [-0.2, -0.15) is 0 Å². The summed E-state index contributed by atoms with van der Waals surface area (Å²) in [5.74, 6) is 2.47. The predicted octanol–water partition coefficient (Wildman–Crippen LogP) is 2.16. The summed E-state index contributed by atoms with van der Waals surface area (Å²) in [6.45, 7) is 0.352. The summed E-state index contributed by atoms with van der Waals surface area (Å²) in [5.41, 5.74) is 0. The molecule has 2 aliphatic rings. The van der Waals surface area contributed by atoms with E-state index in [-0.39, 0.29) is 6.09 Å². The molecule has 1 amide bonds. The van der Waals surface area contributed by atoms with Crippen LogP contribution in [0.3, 0.4) is 0 Å². The van der Waals surface area contributed by atoms with Gasteiger partial charge in [0.1, 0.15) is 6.61 Å². The summed E-state index contributed by atoms with van der Waals surface area (Å²) in [6, 6.07) is 0.865. The molecule has 0 saturated carbocycles. The lowest BCUT2D eigenvalue weighted by molar-refractivity contribution is 0.0714. The van der Waals surface area contributed by atoms with Crippen molar-refractivity contribution in [2.24, 2.45) is 0 Å². The molecule has 0 aromatic heterocycles. The molecule has 3 nitrogen and oxygen atoms in total. The third kappa shape index (κ3) is 2.09. The molecule has 2 atom stereocenters. The van der Waals surface area contributed by atoms with Crippen LogP contribution in [0.15, 0.2) is 0 Å². The van der Waals surface area contributed by atoms with Crippen molar-refractivity contribution in [1.29, 1.82) is 0 Å². The summed E-state index contributed by atoms with van der Waals surface area (Å²) in [4.78, 5) is 13.7. The first kappa shape index (κ1) is 10.4. The lowest BCUT2D eigenvalue weighted by Gasteiger charge is -2.33. The first-order chi connectivity index (χ1) is 7.33. The normalized spacial score (nSPS) is 28.6. The smallest absolute Gasteiger partial charge is 0.410 e. The van der Waals surface area contributed by atoms with Gasteiger partial charge in [-0.3, -0.25) is 0 Å². The summed E-state index contributed by atoms with van der Waals surface area (Å²) in [7, 11) is 0. The highest BCUT2D eigenvalue weighted by atomic mass is 16.6. The second-order valence-electron chi connectivity index (χ2n) is 4.29. The lowest BCUT2D eigenvalue weighted by atomic mass is 10.0. The Morgan fingerprint density at radius 3 is 2.60 bits per heavy atom. The van der Waals surface area contributed by atoms with Crippen molar-refractivity contribution in [1.82, 2.24) is 4.90 Å². The Balaban J connectivity index is 1.87. The molecule has 0 spiro atoms. The van der Waals surface area contributed by atoms with E-state index in [1.54, 1.807) is 0 Å². The van der Waals surface area contributed by atoms with Crippen LogP contribution in [0.4, 0.5) is 4.79 Å². The van der Waals surface area contributed by atoms with Gasteiger partial charge in [0.2, 0.25) is 0 Å². The van der Waals surface area contributed by atoms with Crippen LogP contribution < -0.4 is 0 Å². The molecule has 15 heavy (non-hydrogen) atoms. The first-order valence-corrected chi connectivity index (χ1v) is 5.71. The highest BCUT2D eigenvalue weighted by Crippen LogP contribution is 2.35. The van der Waals surface area contributed by atoms with Gasteiger partial charge in [0.05, 0.1) is 0 Å². The summed E-state index contributed by atoms with van der Waals surface area (Å²) in [6.07, 6.45) is 11.3. The van der Waals surface area contributed by atoms with Gasteiger partial charge >= 0.3 is 6.09 Å². The van der Waals surface area contributed by atoms with Crippen LogP contribution in [0.1, 0.15) is 38.5 Å². The van der Waals surface area contributed by atoms with Crippen molar-refractivity contribution < 1.29 is 9.53 Å². The van der Waals surface area contributed by atoms with Crippen molar-refractivity contribution in [2.75, 3.05) is 6.61 Å². The SMILES string of the molecule is C#CCCOC(=O)N1C2CCCC1CC2. The van der Waals surface area contributed by atoms with Gasteiger partial charge in [-0.15, -0.1) is 12.3 Å². The minimum Gasteiger partial charge on any atom is -0.448 e. The van der Waals surface area contributed by atoms with Crippen molar-refractivity contribution >= 4 is 6.09 Å². The third-order valence-corrected chi connectivity index (χ3v) is 3.38. The molecular weight excluding hydrogens is 190 g/mol. The lowest BCUT2D eigenvalue weighted by Crippen LogP contribution is -2.44. The van der Waals surface area contributed by atoms with E-state index in [1.807, 2.05) is 4.90 Å². The average molecular weight is 207 g/mol. The van der Waals surface area contributed by atoms with Crippen LogP contribution in [-0.2, 0) is 4.74 Å². The van der Waals surface area contributed by atoms with Crippen LogP contribution >= 0.6 is 0 Å². The Kier molecular flexibility index (Phi) is 3.15. The number of amides is 1. The van der Waals surface area contributed by atoms with Crippen molar-refractivity contribution in [3.05, 3.63) is 0 Å². The summed E-state index contributed by atoms with van der Waals surface area (Å²) < 4.78 is 5.15. The second kappa shape index (κ2) is 4.57. The molecule has 2 heterocycles. The Hall–Kier alpha value is -1.17. The zero-order chi connectivity index (χ0) is 10.7. The maximum atomic E-state index is 11.8. The van der Waals surface area contributed by atoms with E-state index in [2.05, 4.69) is 5.92 Å². The molecule has 2 fully saturated rings. The van der Waals surface area contributed by atoms with Gasteiger partial charge in [0, 0.05) is 18.5 Å². The summed E-state index contributed by atoms with van der Waals surface area (Å²) in [5, 5.41) is 0. The van der Waals surface area contributed by atoms with Crippen LogP contribution in [0.25, 0.3) is 0 Å². The zero-order valence-electron chi connectivity index (χ0n) is 8.95. The molecule has 0 aromatic rings. The standard InChI is InChI=1S/C12H17NO2/c1-2-3-9-15-12(14)13-10-5-4-6-11(13)8-7-10/h1,10-11H,3-9H2. The number of nitrogens with zero attached hydrogens (tertiary/aromatic N) is 1. The maximum absolute atomic E-state index is 11.8. The van der Waals surface area contributed by atoms with E-state index >= 15 is 0 Å². The molecule has 2 saturated heterocycles. The fourth-order valence-corrected chi connectivity index (χ4v) is 2.69. The van der Waals surface area contributed by atoms with E-state index in [9.17, 15) is 4.79 Å². The molecule has 2 bridgehead atoms. The molecule has 0 radical (unpaired) electrons. The monoisotopic (exact) mass is 207 g/mol. The molecule has 82 valence electrons. The van der Waals surface area contributed by atoms with E-state index in [0.717, 1.165) is 25.7 Å². The molecule has 3 heteroatoms. The predicted molar refractivity (Wildman–Crippen MR) is 57.3 cm³/mol. The molecule has 0 N–H and O–H groups in total. The topological polar surface area (TPSA) is 29.5 Å². The largest absolute Gasteiger partial charge is 0.448 e. The number of hydrogen-bond donors (Lipinski definition) is 0. The molecule has 2 unspecified atom stereocenters. The number of piperidine rings is 1. The number of terminal acetylenes is 1. The van der Waals surface area contributed by atoms with Gasteiger partial charge < -0.3 is 9.64 Å². The van der Waals surface area contributed by atoms with Gasteiger partial charge in [0.25, 0.3) is 0 Å². The Labute approximate surface area is 90.8 Å². The number of carbonyl (C=O) groups excluding carboxylic acids is 1. The quantitative estimate of drug-likeness (QED) is 0.513. The number of ether oxygens (including phenoxy) is 1. The fourth-order valence-electron chi connectivity index (χ4n) is 2.69. The molecule has 2 rings (SSSR count). The van der Waals surface area contributed by atoms with Crippen molar-refractivity contribution in [3.63, 3.8) is 0 Å². The van der Waals surface area contributed by atoms with Gasteiger partial charge in [-0.05, 0) is 32.1 Å². The Morgan fingerprint density at radius 2 is 2.00 bits per heavy atom. The van der Waals surface area contributed by atoms with E-state index < -0.39 is 0 Å². The number of rotatable bonds is 2. The van der Waals surface area contributed by atoms with Gasteiger partial charge in [-0.1, -0.05) is 0 Å². The van der Waals surface area contributed by atoms with E-state index in [4.69, 9.17) is 11.2 Å². The second-order valence-corrected chi connectivity index (χ2v) is 4.29. The minimum atomic E-state index is -0.155. The molecule has 2 aliphatic heterocycles. The first-order valence-electron chi connectivity index (χ1n) is 5.71. The third-order valence-electron chi connectivity index (χ3n) is 3.38. The Morgan fingerprint density at radius 1 is 1.33 bits per heavy atom.